The maximum atomic E-state index is 10.1. The number of aliphatic hydroxyl groups excluding tert-OH is 2. The van der Waals surface area contributed by atoms with Crippen LogP contribution in [0.3, 0.4) is 0 Å². The van der Waals surface area contributed by atoms with E-state index < -0.39 is 17.8 Å². The van der Waals surface area contributed by atoms with Gasteiger partial charge in [0.25, 0.3) is 0 Å². The quantitative estimate of drug-likeness (QED) is 0.353. The first-order valence-electron chi connectivity index (χ1n) is 12.4. The van der Waals surface area contributed by atoms with Crippen LogP contribution >= 0.6 is 0 Å². The van der Waals surface area contributed by atoms with Crippen LogP contribution < -0.4 is 0 Å². The molecule has 0 unspecified atom stereocenters. The fourth-order valence-corrected chi connectivity index (χ4v) is 6.29. The van der Waals surface area contributed by atoms with E-state index >= 15 is 0 Å². The molecule has 0 aromatic rings. The molecule has 0 aliphatic heterocycles. The first kappa shape index (κ1) is 25.4. The van der Waals surface area contributed by atoms with Crippen LogP contribution in [0.2, 0.25) is 0 Å². The van der Waals surface area contributed by atoms with E-state index in [0.29, 0.717) is 37.9 Å². The molecule has 5 atom stereocenters. The zero-order valence-corrected chi connectivity index (χ0v) is 20.4. The second-order valence-electron chi connectivity index (χ2n) is 11.2. The highest BCUT2D eigenvalue weighted by atomic mass is 16.5. The molecule has 180 valence electrons. The summed E-state index contributed by atoms with van der Waals surface area (Å²) in [4.78, 5) is 0. The largest absolute Gasteiger partial charge is 0.393 e. The summed E-state index contributed by atoms with van der Waals surface area (Å²) in [6.45, 7) is 15.8. The third kappa shape index (κ3) is 6.02. The molecule has 3 fully saturated rings. The van der Waals surface area contributed by atoms with Crippen LogP contribution in [0.25, 0.3) is 0 Å². The molecule has 0 saturated heterocycles. The first-order valence-corrected chi connectivity index (χ1v) is 12.4. The molecule has 0 bridgehead atoms. The maximum Gasteiger partial charge on any atom is 0.0811 e. The maximum absolute atomic E-state index is 10.1. The fraction of sp³-hybridized carbons (Fsp3) is 0.714. The molecule has 32 heavy (non-hydrogen) atoms. The second-order valence-corrected chi connectivity index (χ2v) is 11.2. The summed E-state index contributed by atoms with van der Waals surface area (Å²) < 4.78 is 5.92. The Morgan fingerprint density at radius 2 is 2.00 bits per heavy atom. The van der Waals surface area contributed by atoms with Gasteiger partial charge >= 0.3 is 0 Å². The number of allylic oxidation sites excluding steroid dienone is 3. The van der Waals surface area contributed by atoms with Crippen LogP contribution in [-0.2, 0) is 4.74 Å². The highest BCUT2D eigenvalue weighted by Crippen LogP contribution is 2.59. The van der Waals surface area contributed by atoms with Crippen LogP contribution in [0.1, 0.15) is 78.6 Å². The molecule has 0 amide bonds. The van der Waals surface area contributed by atoms with Crippen molar-refractivity contribution in [3.05, 3.63) is 47.6 Å². The molecule has 0 radical (unpaired) electrons. The minimum atomic E-state index is -0.636. The second kappa shape index (κ2) is 10.4. The Morgan fingerprint density at radius 3 is 2.72 bits per heavy atom. The van der Waals surface area contributed by atoms with Crippen LogP contribution in [-0.4, -0.2) is 46.3 Å². The molecule has 4 nitrogen and oxygen atoms in total. The van der Waals surface area contributed by atoms with E-state index in [2.05, 4.69) is 32.2 Å². The van der Waals surface area contributed by atoms with Gasteiger partial charge in [0, 0.05) is 13.0 Å². The normalized spacial score (nSPS) is 36.0. The number of rotatable bonds is 8. The lowest BCUT2D eigenvalue weighted by Gasteiger charge is -2.43. The predicted molar refractivity (Wildman–Crippen MR) is 130 cm³/mol. The van der Waals surface area contributed by atoms with Crippen molar-refractivity contribution in [2.75, 3.05) is 13.2 Å². The summed E-state index contributed by atoms with van der Waals surface area (Å²) >= 11 is 0. The standard InChI is InChI=1S/C28H44O4/c1-19(18-32-15-7-13-27(3,4)31)24-11-12-25-21(8-6-14-28(24,25)5)9-10-22-16-23(29)17-26(30)20(22)2/h9-10,23-26,29-31H,1-2,6-8,11-18H2,3-5H3/t23-,24-,25+,26+,28-/m1/s1. The Morgan fingerprint density at radius 1 is 1.25 bits per heavy atom. The summed E-state index contributed by atoms with van der Waals surface area (Å²) in [5.74, 6) is 1.03. The molecule has 3 N–H and O–H groups in total. The van der Waals surface area contributed by atoms with Crippen molar-refractivity contribution in [3.63, 3.8) is 0 Å². The number of fused-ring (bicyclic) bond motifs is 1. The van der Waals surface area contributed by atoms with Gasteiger partial charge in [0.1, 0.15) is 0 Å². The Bertz CT molecular complexity index is 756. The molecule has 0 aromatic heterocycles. The summed E-state index contributed by atoms with van der Waals surface area (Å²) in [6, 6.07) is 0. The van der Waals surface area contributed by atoms with E-state index in [-0.39, 0.29) is 5.41 Å². The lowest BCUT2D eigenvalue weighted by atomic mass is 9.62. The minimum Gasteiger partial charge on any atom is -0.393 e. The minimum absolute atomic E-state index is 0.221. The van der Waals surface area contributed by atoms with Crippen LogP contribution in [0.15, 0.2) is 47.6 Å². The molecule has 3 aliphatic carbocycles. The van der Waals surface area contributed by atoms with Gasteiger partial charge in [-0.25, -0.2) is 0 Å². The molecule has 0 spiro atoms. The monoisotopic (exact) mass is 444 g/mol. The third-order valence-electron chi connectivity index (χ3n) is 8.09. The Labute approximate surface area is 194 Å². The molecule has 0 aromatic carbocycles. The van der Waals surface area contributed by atoms with Gasteiger partial charge in [-0.1, -0.05) is 37.8 Å². The van der Waals surface area contributed by atoms with Crippen molar-refractivity contribution in [3.8, 4) is 0 Å². The Balaban J connectivity index is 1.62. The third-order valence-corrected chi connectivity index (χ3v) is 8.09. The number of ether oxygens (including phenoxy) is 1. The number of aliphatic hydroxyl groups is 3. The lowest BCUT2D eigenvalue weighted by Crippen LogP contribution is -2.34. The summed E-state index contributed by atoms with van der Waals surface area (Å²) in [6.07, 6.45) is 11.7. The van der Waals surface area contributed by atoms with Gasteiger partial charge in [-0.2, -0.15) is 0 Å². The van der Waals surface area contributed by atoms with Crippen molar-refractivity contribution in [1.82, 2.24) is 0 Å². The van der Waals surface area contributed by atoms with Crippen molar-refractivity contribution >= 4 is 0 Å². The van der Waals surface area contributed by atoms with E-state index in [0.717, 1.165) is 36.8 Å². The van der Waals surface area contributed by atoms with E-state index in [9.17, 15) is 15.3 Å². The average molecular weight is 445 g/mol. The smallest absolute Gasteiger partial charge is 0.0811 e. The molecular formula is C28H44O4. The van der Waals surface area contributed by atoms with Gasteiger partial charge in [0.15, 0.2) is 0 Å². The molecule has 0 heterocycles. The summed E-state index contributed by atoms with van der Waals surface area (Å²) in [7, 11) is 0. The van der Waals surface area contributed by atoms with E-state index in [4.69, 9.17) is 4.74 Å². The number of hydrogen-bond acceptors (Lipinski definition) is 4. The van der Waals surface area contributed by atoms with Crippen LogP contribution in [0, 0.1) is 17.3 Å². The van der Waals surface area contributed by atoms with E-state index in [1.165, 1.54) is 30.4 Å². The van der Waals surface area contributed by atoms with Gasteiger partial charge in [0.05, 0.1) is 24.4 Å². The summed E-state index contributed by atoms with van der Waals surface area (Å²) in [5.41, 5.74) is 4.03. The number of hydrogen-bond donors (Lipinski definition) is 3. The van der Waals surface area contributed by atoms with Crippen LogP contribution in [0.4, 0.5) is 0 Å². The zero-order valence-electron chi connectivity index (χ0n) is 20.4. The Hall–Kier alpha value is -1.20. The van der Waals surface area contributed by atoms with Crippen molar-refractivity contribution < 1.29 is 20.1 Å². The zero-order chi connectivity index (χ0) is 23.5. The van der Waals surface area contributed by atoms with Crippen molar-refractivity contribution in [2.45, 2.75) is 96.4 Å². The molecule has 3 saturated carbocycles. The molecule has 4 heteroatoms. The molecule has 3 rings (SSSR count). The highest BCUT2D eigenvalue weighted by molar-refractivity contribution is 5.39. The SMILES string of the molecule is C=C(COCCCC(C)(C)O)[C@H]1CC[C@H]2C(=CC=C3C[C@@H](O)C[C@H](O)C3=C)CCC[C@]12C. The van der Waals surface area contributed by atoms with Crippen LogP contribution in [0.5, 0.6) is 0 Å². The van der Waals surface area contributed by atoms with Gasteiger partial charge in [-0.05, 0) is 99.2 Å². The molecular weight excluding hydrogens is 400 g/mol. The van der Waals surface area contributed by atoms with Crippen molar-refractivity contribution in [2.24, 2.45) is 17.3 Å². The fourth-order valence-electron chi connectivity index (χ4n) is 6.29. The van der Waals surface area contributed by atoms with E-state index in [1.807, 2.05) is 13.8 Å². The van der Waals surface area contributed by atoms with E-state index in [1.54, 1.807) is 0 Å². The van der Waals surface area contributed by atoms with Gasteiger partial charge in [-0.15, -0.1) is 0 Å². The average Bonchev–Trinajstić information content (AvgIpc) is 3.06. The topological polar surface area (TPSA) is 69.9 Å². The summed E-state index contributed by atoms with van der Waals surface area (Å²) in [5, 5.41) is 30.0. The Kier molecular flexibility index (Phi) is 8.25. The highest BCUT2D eigenvalue weighted by Gasteiger charge is 2.49. The van der Waals surface area contributed by atoms with Crippen molar-refractivity contribution in [1.29, 1.82) is 0 Å². The molecule has 3 aliphatic rings. The van der Waals surface area contributed by atoms with Gasteiger partial charge < -0.3 is 20.1 Å². The predicted octanol–water partition coefficient (Wildman–Crippen LogP) is 5.25. The lowest BCUT2D eigenvalue weighted by molar-refractivity contribution is 0.0530. The van der Waals surface area contributed by atoms with Gasteiger partial charge in [-0.3, -0.25) is 0 Å². The van der Waals surface area contributed by atoms with Gasteiger partial charge in [0.2, 0.25) is 0 Å². The first-order chi connectivity index (χ1) is 15.0.